The highest BCUT2D eigenvalue weighted by Gasteiger charge is 2.45. The van der Waals surface area contributed by atoms with Crippen LogP contribution in [0, 0.1) is 0 Å². The second kappa shape index (κ2) is 8.43. The Morgan fingerprint density at radius 3 is 2.38 bits per heavy atom. The molecule has 0 bridgehead atoms. The van der Waals surface area contributed by atoms with E-state index in [1.807, 2.05) is 0 Å². The first-order valence-corrected chi connectivity index (χ1v) is 7.93. The molecule has 0 radical (unpaired) electrons. The quantitative estimate of drug-likeness (QED) is 0.280. The van der Waals surface area contributed by atoms with Gasteiger partial charge in [-0.15, -0.1) is 0 Å². The van der Waals surface area contributed by atoms with Gasteiger partial charge in [0.15, 0.2) is 6.04 Å². The van der Waals surface area contributed by atoms with Gasteiger partial charge in [-0.05, 0) is 24.1 Å². The fourth-order valence-corrected chi connectivity index (χ4v) is 2.65. The van der Waals surface area contributed by atoms with E-state index >= 15 is 0 Å². The van der Waals surface area contributed by atoms with Gasteiger partial charge in [-0.2, -0.15) is 0 Å². The highest BCUT2D eigenvalue weighted by Crippen LogP contribution is 2.19. The number of aliphatic hydroxyl groups is 3. The number of benzene rings is 1. The molecule has 0 aromatic heterocycles. The third-order valence-electron chi connectivity index (χ3n) is 4.16. The second-order valence-corrected chi connectivity index (χ2v) is 6.15. The van der Waals surface area contributed by atoms with Crippen LogP contribution in [0.5, 0.6) is 5.75 Å². The number of aliphatic carboxylic acids is 1. The van der Waals surface area contributed by atoms with Crippen molar-refractivity contribution in [3.63, 3.8) is 0 Å². The van der Waals surface area contributed by atoms with Gasteiger partial charge in [-0.1, -0.05) is 12.1 Å². The number of aromatic hydroxyl groups is 1. The van der Waals surface area contributed by atoms with E-state index in [1.165, 1.54) is 12.1 Å². The summed E-state index contributed by atoms with van der Waals surface area (Å²) in [6.45, 7) is -0.387. The maximum Gasteiger partial charge on any atom is 0.329 e. The van der Waals surface area contributed by atoms with Gasteiger partial charge in [0.25, 0.3) is 0 Å². The number of nitrogens with two attached hydrogens (primary N) is 1. The van der Waals surface area contributed by atoms with E-state index < -0.39 is 48.4 Å². The Bertz CT molecular complexity index is 638. The summed E-state index contributed by atoms with van der Waals surface area (Å²) in [6, 6.07) is 3.26. The minimum absolute atomic E-state index is 0.0573. The fraction of sp³-hybridized carbons (Fsp3) is 0.500. The van der Waals surface area contributed by atoms with Gasteiger partial charge >= 0.3 is 5.97 Å². The molecule has 0 saturated carbocycles. The summed E-state index contributed by atoms with van der Waals surface area (Å²) >= 11 is 0. The number of hydrogen-bond donors (Lipinski definition) is 7. The average Bonchev–Trinajstić information content (AvgIpc) is 2.60. The number of phenols is 1. The van der Waals surface area contributed by atoms with Crippen molar-refractivity contribution in [3.05, 3.63) is 29.8 Å². The van der Waals surface area contributed by atoms with Gasteiger partial charge in [0.2, 0.25) is 5.91 Å². The molecule has 2 rings (SSSR count). The molecule has 0 unspecified atom stereocenters. The highest BCUT2D eigenvalue weighted by molar-refractivity contribution is 5.87. The maximum absolute atomic E-state index is 12.2. The summed E-state index contributed by atoms with van der Waals surface area (Å²) in [5.41, 5.74) is 6.45. The van der Waals surface area contributed by atoms with Crippen molar-refractivity contribution in [2.75, 3.05) is 6.61 Å². The minimum Gasteiger partial charge on any atom is -0.508 e. The van der Waals surface area contributed by atoms with Crippen LogP contribution >= 0.6 is 0 Å². The van der Waals surface area contributed by atoms with Crippen LogP contribution in [0.3, 0.4) is 0 Å². The van der Waals surface area contributed by atoms with Gasteiger partial charge in [0.1, 0.15) is 30.2 Å². The summed E-state index contributed by atoms with van der Waals surface area (Å²) in [5, 5.41) is 49.8. The molecule has 1 aliphatic rings. The van der Waals surface area contributed by atoms with Gasteiger partial charge < -0.3 is 41.3 Å². The third-order valence-corrected chi connectivity index (χ3v) is 4.16. The monoisotopic (exact) mass is 370 g/mol. The number of aliphatic hydroxyl groups excluding tert-OH is 3. The number of carbonyl (C=O) groups is 2. The Morgan fingerprint density at radius 2 is 1.81 bits per heavy atom. The van der Waals surface area contributed by atoms with Gasteiger partial charge in [0.05, 0.1) is 12.6 Å². The molecule has 1 fully saturated rings. The molecule has 1 aliphatic heterocycles. The van der Waals surface area contributed by atoms with E-state index in [4.69, 9.17) is 10.5 Å². The lowest BCUT2D eigenvalue weighted by atomic mass is 9.94. The maximum atomic E-state index is 12.2. The molecule has 6 atom stereocenters. The Balaban J connectivity index is 2.03. The Morgan fingerprint density at radius 1 is 1.19 bits per heavy atom. The van der Waals surface area contributed by atoms with Crippen LogP contribution in [0.2, 0.25) is 0 Å². The number of rotatable bonds is 6. The van der Waals surface area contributed by atoms with E-state index in [0.29, 0.717) is 5.56 Å². The number of carbonyl (C=O) groups excluding carboxylic acids is 1. The van der Waals surface area contributed by atoms with Crippen LogP contribution in [-0.2, 0) is 20.7 Å². The number of amides is 1. The van der Waals surface area contributed by atoms with Gasteiger partial charge in [0, 0.05) is 0 Å². The smallest absolute Gasteiger partial charge is 0.329 e. The fourth-order valence-electron chi connectivity index (χ4n) is 2.65. The molecule has 8 N–H and O–H groups in total. The van der Waals surface area contributed by atoms with E-state index in [0.717, 1.165) is 0 Å². The van der Waals surface area contributed by atoms with E-state index in [1.54, 1.807) is 12.1 Å². The first-order chi connectivity index (χ1) is 12.2. The summed E-state index contributed by atoms with van der Waals surface area (Å²) in [6.07, 6.45) is -6.01. The normalized spacial score (nSPS) is 28.2. The zero-order valence-electron chi connectivity index (χ0n) is 13.7. The van der Waals surface area contributed by atoms with Crippen molar-refractivity contribution in [1.82, 2.24) is 5.32 Å². The Hall–Kier alpha value is -2.24. The molecule has 0 aliphatic carbocycles. The lowest BCUT2D eigenvalue weighted by Gasteiger charge is -2.38. The van der Waals surface area contributed by atoms with Crippen molar-refractivity contribution in [1.29, 1.82) is 0 Å². The number of ether oxygens (including phenoxy) is 1. The molecule has 144 valence electrons. The van der Waals surface area contributed by atoms with E-state index in [2.05, 4.69) is 5.32 Å². The summed E-state index contributed by atoms with van der Waals surface area (Å²) < 4.78 is 5.08. The number of carboxylic acid groups (broad SMARTS) is 1. The lowest BCUT2D eigenvalue weighted by Crippen LogP contribution is -2.63. The number of hydrogen-bond acceptors (Lipinski definition) is 8. The average molecular weight is 370 g/mol. The molecule has 10 nitrogen and oxygen atoms in total. The van der Waals surface area contributed by atoms with Gasteiger partial charge in [-0.25, -0.2) is 4.79 Å². The zero-order valence-corrected chi connectivity index (χ0v) is 13.7. The predicted octanol–water partition coefficient (Wildman–Crippen LogP) is -2.69. The molecule has 10 heteroatoms. The number of phenolic OH excluding ortho intramolecular Hbond substituents is 1. The SMILES string of the molecule is N[C@@H](Cc1ccc(O)cc1)C(=O)N[C@@H](C(=O)O)[C@@H]1OC[C@H](O)[C@H](O)[C@H]1O. The topological polar surface area (TPSA) is 183 Å². The summed E-state index contributed by atoms with van der Waals surface area (Å²) in [5.74, 6) is -2.22. The predicted molar refractivity (Wildman–Crippen MR) is 87.1 cm³/mol. The Labute approximate surface area is 148 Å². The van der Waals surface area contributed by atoms with E-state index in [-0.39, 0.29) is 18.8 Å². The molecule has 0 spiro atoms. The molecule has 1 saturated heterocycles. The summed E-state index contributed by atoms with van der Waals surface area (Å²) in [7, 11) is 0. The standard InChI is InChI=1S/C16H22N2O8/c17-9(5-7-1-3-8(19)4-2-7)15(23)18-11(16(24)25)14-13(22)12(21)10(20)6-26-14/h1-4,9-14,19-22H,5-6,17H2,(H,18,23)(H,24,25)/t9-,10-,11+,12-,13+,14-/m0/s1. The van der Waals surface area contributed by atoms with Crippen LogP contribution in [-0.4, -0.2) is 80.5 Å². The van der Waals surface area contributed by atoms with Crippen molar-refractivity contribution in [2.24, 2.45) is 5.73 Å². The lowest BCUT2D eigenvalue weighted by molar-refractivity contribution is -0.199. The number of carboxylic acids is 1. The second-order valence-electron chi connectivity index (χ2n) is 6.15. The van der Waals surface area contributed by atoms with Crippen molar-refractivity contribution < 1.29 is 39.9 Å². The first-order valence-electron chi connectivity index (χ1n) is 7.93. The Kier molecular flexibility index (Phi) is 6.51. The number of nitrogens with one attached hydrogen (secondary N) is 1. The van der Waals surface area contributed by atoms with Crippen molar-refractivity contribution in [2.45, 2.75) is 42.9 Å². The van der Waals surface area contributed by atoms with Crippen LogP contribution < -0.4 is 11.1 Å². The first kappa shape index (κ1) is 20.1. The van der Waals surface area contributed by atoms with Crippen LogP contribution in [0.15, 0.2) is 24.3 Å². The van der Waals surface area contributed by atoms with Crippen LogP contribution in [0.4, 0.5) is 0 Å². The van der Waals surface area contributed by atoms with Crippen molar-refractivity contribution in [3.8, 4) is 5.75 Å². The van der Waals surface area contributed by atoms with E-state index in [9.17, 15) is 35.1 Å². The minimum atomic E-state index is -1.70. The molecule has 26 heavy (non-hydrogen) atoms. The van der Waals surface area contributed by atoms with Crippen LogP contribution in [0.1, 0.15) is 5.56 Å². The largest absolute Gasteiger partial charge is 0.508 e. The zero-order chi connectivity index (χ0) is 19.4. The molecule has 1 amide bonds. The molecule has 1 aromatic rings. The summed E-state index contributed by atoms with van der Waals surface area (Å²) in [4.78, 5) is 23.7. The molecular formula is C16H22N2O8. The van der Waals surface area contributed by atoms with Crippen LogP contribution in [0.25, 0.3) is 0 Å². The highest BCUT2D eigenvalue weighted by atomic mass is 16.5. The van der Waals surface area contributed by atoms with Crippen molar-refractivity contribution >= 4 is 11.9 Å². The molecule has 1 heterocycles. The molecule has 1 aromatic carbocycles. The molecular weight excluding hydrogens is 348 g/mol. The van der Waals surface area contributed by atoms with Gasteiger partial charge in [-0.3, -0.25) is 4.79 Å². The third kappa shape index (κ3) is 4.68.